The molecule has 0 aliphatic carbocycles. The van der Waals surface area contributed by atoms with Gasteiger partial charge in [0.15, 0.2) is 0 Å². The molecule has 4 rings (SSSR count). The van der Waals surface area contributed by atoms with Gasteiger partial charge in [-0.3, -0.25) is 4.79 Å². The maximum absolute atomic E-state index is 12.8. The van der Waals surface area contributed by atoms with Crippen molar-refractivity contribution in [2.24, 2.45) is 0 Å². The summed E-state index contributed by atoms with van der Waals surface area (Å²) >= 11 is 5.84. The van der Waals surface area contributed by atoms with E-state index in [1.807, 2.05) is 0 Å². The third kappa shape index (κ3) is 2.80. The number of fused-ring (bicyclic) bond motifs is 3. The van der Waals surface area contributed by atoms with Crippen LogP contribution < -0.4 is 5.56 Å². The number of alkyl halides is 3. The number of nitrogens with zero attached hydrogens (tertiary/aromatic N) is 5. The van der Waals surface area contributed by atoms with E-state index in [0.717, 1.165) is 10.1 Å². The minimum Gasteiger partial charge on any atom is -0.310 e. The van der Waals surface area contributed by atoms with E-state index in [2.05, 4.69) is 15.1 Å². The molecule has 3 heterocycles. The second-order valence-corrected chi connectivity index (χ2v) is 6.01. The third-order valence-electron chi connectivity index (χ3n) is 3.83. The highest BCUT2D eigenvalue weighted by Crippen LogP contribution is 2.26. The molecule has 0 atom stereocenters. The van der Waals surface area contributed by atoms with Gasteiger partial charge in [0.1, 0.15) is 0 Å². The fraction of sp³-hybridized carbons (Fsp3) is 0.125. The fourth-order valence-electron chi connectivity index (χ4n) is 2.59. The second-order valence-electron chi connectivity index (χ2n) is 5.58. The van der Waals surface area contributed by atoms with Crippen molar-refractivity contribution in [2.75, 3.05) is 0 Å². The van der Waals surface area contributed by atoms with E-state index in [9.17, 15) is 18.0 Å². The third-order valence-corrected chi connectivity index (χ3v) is 4.08. The molecule has 6 nitrogen and oxygen atoms in total. The molecule has 0 aliphatic rings. The minimum absolute atomic E-state index is 0.146. The van der Waals surface area contributed by atoms with Gasteiger partial charge in [-0.25, -0.2) is 4.98 Å². The van der Waals surface area contributed by atoms with Crippen LogP contribution in [0.1, 0.15) is 11.4 Å². The molecule has 0 amide bonds. The summed E-state index contributed by atoms with van der Waals surface area (Å²) in [5.74, 6) is -1.53. The van der Waals surface area contributed by atoms with Gasteiger partial charge in [-0.15, -0.1) is 5.10 Å². The SMILES string of the molecule is O=c1c2cnc3nc(C(F)(F)F)nn3c2ccn1Cc1ccc(Cl)cc1. The Labute approximate surface area is 148 Å². The quantitative estimate of drug-likeness (QED) is 0.536. The maximum Gasteiger partial charge on any atom is 0.453 e. The number of hydrogen-bond donors (Lipinski definition) is 0. The van der Waals surface area contributed by atoms with Crippen molar-refractivity contribution in [3.8, 4) is 0 Å². The Morgan fingerprint density at radius 1 is 1.12 bits per heavy atom. The average Bonchev–Trinajstić information content (AvgIpc) is 3.04. The summed E-state index contributed by atoms with van der Waals surface area (Å²) in [5, 5.41) is 4.16. The van der Waals surface area contributed by atoms with Gasteiger partial charge in [-0.1, -0.05) is 23.7 Å². The van der Waals surface area contributed by atoms with E-state index in [0.29, 0.717) is 5.02 Å². The molecule has 0 aliphatic heterocycles. The predicted octanol–water partition coefficient (Wildman–Crippen LogP) is 3.16. The van der Waals surface area contributed by atoms with E-state index >= 15 is 0 Å². The van der Waals surface area contributed by atoms with Crippen molar-refractivity contribution in [3.05, 3.63) is 69.5 Å². The van der Waals surface area contributed by atoms with E-state index < -0.39 is 17.6 Å². The van der Waals surface area contributed by atoms with Crippen molar-refractivity contribution in [1.29, 1.82) is 0 Å². The van der Waals surface area contributed by atoms with E-state index in [1.165, 1.54) is 23.0 Å². The molecular formula is C16H9ClF3N5O. The van der Waals surface area contributed by atoms with Crippen LogP contribution >= 0.6 is 11.6 Å². The minimum atomic E-state index is -4.69. The first kappa shape index (κ1) is 16.5. The first-order chi connectivity index (χ1) is 12.3. The molecule has 4 aromatic rings. The molecule has 0 N–H and O–H groups in total. The number of hydrogen-bond acceptors (Lipinski definition) is 4. The van der Waals surface area contributed by atoms with E-state index in [4.69, 9.17) is 11.6 Å². The molecule has 0 saturated carbocycles. The molecule has 132 valence electrons. The Morgan fingerprint density at radius 3 is 2.54 bits per heavy atom. The van der Waals surface area contributed by atoms with Gasteiger partial charge in [0.05, 0.1) is 17.4 Å². The van der Waals surface area contributed by atoms with Gasteiger partial charge < -0.3 is 4.57 Å². The van der Waals surface area contributed by atoms with Crippen molar-refractivity contribution in [3.63, 3.8) is 0 Å². The lowest BCUT2D eigenvalue weighted by molar-refractivity contribution is -0.144. The van der Waals surface area contributed by atoms with Crippen LogP contribution in [0, 0.1) is 0 Å². The monoisotopic (exact) mass is 379 g/mol. The summed E-state index contributed by atoms with van der Waals surface area (Å²) in [6, 6.07) is 8.50. The van der Waals surface area contributed by atoms with Crippen LogP contribution in [0.25, 0.3) is 16.7 Å². The van der Waals surface area contributed by atoms with Gasteiger partial charge in [-0.2, -0.15) is 22.7 Å². The topological polar surface area (TPSA) is 65.1 Å². The number of pyridine rings is 1. The molecule has 10 heteroatoms. The summed E-state index contributed by atoms with van der Waals surface area (Å²) in [4.78, 5) is 19.8. The molecule has 0 bridgehead atoms. The zero-order chi connectivity index (χ0) is 18.5. The van der Waals surface area contributed by atoms with Gasteiger partial charge in [0.25, 0.3) is 17.2 Å². The van der Waals surface area contributed by atoms with Crippen LogP contribution in [-0.2, 0) is 12.7 Å². The Kier molecular flexibility index (Phi) is 3.69. The van der Waals surface area contributed by atoms with E-state index in [1.54, 1.807) is 24.3 Å². The summed E-state index contributed by atoms with van der Waals surface area (Å²) in [5.41, 5.74) is 0.663. The molecule has 1 aromatic carbocycles. The number of aromatic nitrogens is 5. The lowest BCUT2D eigenvalue weighted by Crippen LogP contribution is -2.21. The molecule has 0 fully saturated rings. The fourth-order valence-corrected chi connectivity index (χ4v) is 2.72. The zero-order valence-corrected chi connectivity index (χ0v) is 13.7. The van der Waals surface area contributed by atoms with Crippen LogP contribution in [0.3, 0.4) is 0 Å². The molecule has 0 unspecified atom stereocenters. The van der Waals surface area contributed by atoms with Crippen LogP contribution in [0.5, 0.6) is 0 Å². The zero-order valence-electron chi connectivity index (χ0n) is 12.9. The van der Waals surface area contributed by atoms with E-state index in [-0.39, 0.29) is 23.2 Å². The van der Waals surface area contributed by atoms with Gasteiger partial charge in [0.2, 0.25) is 0 Å². The lowest BCUT2D eigenvalue weighted by Gasteiger charge is -2.08. The second kappa shape index (κ2) is 5.80. The maximum atomic E-state index is 12.8. The molecule has 26 heavy (non-hydrogen) atoms. The highest BCUT2D eigenvalue weighted by atomic mass is 35.5. The summed E-state index contributed by atoms with van der Waals surface area (Å²) in [6.07, 6.45) is -1.99. The Bertz CT molecular complexity index is 1180. The average molecular weight is 380 g/mol. The molecule has 0 radical (unpaired) electrons. The Morgan fingerprint density at radius 2 is 1.85 bits per heavy atom. The van der Waals surface area contributed by atoms with Crippen LogP contribution in [0.4, 0.5) is 13.2 Å². The number of halogens is 4. The van der Waals surface area contributed by atoms with Crippen molar-refractivity contribution in [2.45, 2.75) is 12.7 Å². The predicted molar refractivity (Wildman–Crippen MR) is 88.1 cm³/mol. The van der Waals surface area contributed by atoms with Gasteiger partial charge >= 0.3 is 6.18 Å². The van der Waals surface area contributed by atoms with Crippen LogP contribution in [0.15, 0.2) is 47.5 Å². The number of benzene rings is 1. The highest BCUT2D eigenvalue weighted by Gasteiger charge is 2.36. The number of rotatable bonds is 2. The molecular weight excluding hydrogens is 371 g/mol. The van der Waals surface area contributed by atoms with Gasteiger partial charge in [-0.05, 0) is 23.8 Å². The first-order valence-electron chi connectivity index (χ1n) is 7.39. The summed E-state index contributed by atoms with van der Waals surface area (Å²) in [7, 11) is 0. The van der Waals surface area contributed by atoms with Crippen molar-refractivity contribution < 1.29 is 13.2 Å². The Balaban J connectivity index is 1.84. The van der Waals surface area contributed by atoms with Gasteiger partial charge in [0, 0.05) is 17.4 Å². The molecule has 3 aromatic heterocycles. The largest absolute Gasteiger partial charge is 0.453 e. The highest BCUT2D eigenvalue weighted by molar-refractivity contribution is 6.30. The van der Waals surface area contributed by atoms with Crippen LogP contribution in [0.2, 0.25) is 5.02 Å². The Hall–Kier alpha value is -2.94. The van der Waals surface area contributed by atoms with Crippen LogP contribution in [-0.4, -0.2) is 24.1 Å². The summed E-state index contributed by atoms with van der Waals surface area (Å²) < 4.78 is 40.8. The standard InChI is InChI=1S/C16H9ClF3N5O/c17-10-3-1-9(2-4-10)8-24-6-5-12-11(13(24)26)7-21-15-22-14(16(18,19)20)23-25(12)15/h1-7H,8H2. The van der Waals surface area contributed by atoms with Crippen molar-refractivity contribution >= 4 is 28.3 Å². The van der Waals surface area contributed by atoms with Crippen molar-refractivity contribution in [1.82, 2.24) is 24.1 Å². The molecule has 0 spiro atoms. The smallest absolute Gasteiger partial charge is 0.310 e. The molecule has 0 saturated heterocycles. The summed E-state index contributed by atoms with van der Waals surface area (Å²) in [6.45, 7) is 0.287. The lowest BCUT2D eigenvalue weighted by atomic mass is 10.2. The normalized spacial score (nSPS) is 12.2. The first-order valence-corrected chi connectivity index (χ1v) is 7.77.